The summed E-state index contributed by atoms with van der Waals surface area (Å²) in [6.45, 7) is 3.94. The molecule has 0 fully saturated rings. The molecule has 3 nitrogen and oxygen atoms in total. The van der Waals surface area contributed by atoms with E-state index in [1.165, 1.54) is 5.56 Å². The predicted octanol–water partition coefficient (Wildman–Crippen LogP) is 4.80. The van der Waals surface area contributed by atoms with Crippen molar-refractivity contribution < 1.29 is 4.74 Å². The molecule has 3 rings (SSSR count). The summed E-state index contributed by atoms with van der Waals surface area (Å²) in [6.07, 6.45) is 0. The van der Waals surface area contributed by atoms with E-state index in [9.17, 15) is 0 Å². The number of aromatic nitrogens is 2. The quantitative estimate of drug-likeness (QED) is 0.677. The van der Waals surface area contributed by atoms with Crippen molar-refractivity contribution in [1.82, 2.24) is 9.97 Å². The van der Waals surface area contributed by atoms with Gasteiger partial charge < -0.3 is 4.74 Å². The van der Waals surface area contributed by atoms with Gasteiger partial charge in [-0.25, -0.2) is 9.97 Å². The van der Waals surface area contributed by atoms with Crippen molar-refractivity contribution >= 4 is 27.0 Å². The Labute approximate surface area is 125 Å². The van der Waals surface area contributed by atoms with Gasteiger partial charge in [-0.1, -0.05) is 18.2 Å². The number of para-hydroxylation sites is 2. The summed E-state index contributed by atoms with van der Waals surface area (Å²) < 4.78 is 6.79. The summed E-state index contributed by atoms with van der Waals surface area (Å²) >= 11 is 3.51. The molecule has 0 aliphatic heterocycles. The van der Waals surface area contributed by atoms with Crippen molar-refractivity contribution in [3.63, 3.8) is 0 Å². The number of nitrogens with zero attached hydrogens (tertiary/aromatic N) is 2. The molecule has 0 bridgehead atoms. The molecule has 1 aromatic heterocycles. The first-order valence-corrected chi connectivity index (χ1v) is 7.10. The van der Waals surface area contributed by atoms with E-state index < -0.39 is 0 Å². The summed E-state index contributed by atoms with van der Waals surface area (Å²) in [5.41, 5.74) is 3.65. The lowest BCUT2D eigenvalue weighted by Gasteiger charge is -2.10. The Hall–Kier alpha value is -1.94. The number of fused-ring (bicyclic) bond motifs is 1. The average Bonchev–Trinajstić information content (AvgIpc) is 2.42. The number of hydrogen-bond acceptors (Lipinski definition) is 3. The average molecular weight is 329 g/mol. The van der Waals surface area contributed by atoms with Crippen LogP contribution in [0.5, 0.6) is 11.6 Å². The summed E-state index contributed by atoms with van der Waals surface area (Å²) in [7, 11) is 0. The van der Waals surface area contributed by atoms with E-state index in [1.54, 1.807) is 0 Å². The van der Waals surface area contributed by atoms with Crippen molar-refractivity contribution in [3.05, 3.63) is 58.2 Å². The molecule has 0 spiro atoms. The molecule has 0 aliphatic rings. The molecule has 2 aromatic carbocycles. The minimum atomic E-state index is 0.535. The second kappa shape index (κ2) is 5.21. The first-order chi connectivity index (χ1) is 9.63. The van der Waals surface area contributed by atoms with Gasteiger partial charge in [0, 0.05) is 0 Å². The molecule has 0 saturated heterocycles. The normalized spacial score (nSPS) is 10.8. The predicted molar refractivity (Wildman–Crippen MR) is 83.2 cm³/mol. The SMILES string of the molecule is Cc1ccc(Oc2nc3ccccc3nc2C)c(Br)c1. The third-order valence-corrected chi connectivity index (χ3v) is 3.62. The zero-order chi connectivity index (χ0) is 14.1. The van der Waals surface area contributed by atoms with Crippen molar-refractivity contribution in [3.8, 4) is 11.6 Å². The largest absolute Gasteiger partial charge is 0.436 e. The van der Waals surface area contributed by atoms with Crippen LogP contribution >= 0.6 is 15.9 Å². The highest BCUT2D eigenvalue weighted by Crippen LogP contribution is 2.31. The summed E-state index contributed by atoms with van der Waals surface area (Å²) in [6, 6.07) is 13.7. The smallest absolute Gasteiger partial charge is 0.241 e. The fraction of sp³-hybridized carbons (Fsp3) is 0.125. The van der Waals surface area contributed by atoms with Crippen LogP contribution in [0.3, 0.4) is 0 Å². The Balaban J connectivity index is 2.03. The fourth-order valence-corrected chi connectivity index (χ4v) is 2.54. The number of aryl methyl sites for hydroxylation is 2. The van der Waals surface area contributed by atoms with E-state index in [0.29, 0.717) is 5.88 Å². The minimum absolute atomic E-state index is 0.535. The summed E-state index contributed by atoms with van der Waals surface area (Å²) in [5, 5.41) is 0. The van der Waals surface area contributed by atoms with Crippen molar-refractivity contribution in [2.24, 2.45) is 0 Å². The van der Waals surface area contributed by atoms with Crippen LogP contribution in [0.2, 0.25) is 0 Å². The van der Waals surface area contributed by atoms with Crippen LogP contribution in [0.1, 0.15) is 11.3 Å². The van der Waals surface area contributed by atoms with E-state index in [1.807, 2.05) is 56.3 Å². The highest BCUT2D eigenvalue weighted by molar-refractivity contribution is 9.10. The van der Waals surface area contributed by atoms with Crippen molar-refractivity contribution in [2.75, 3.05) is 0 Å². The number of benzene rings is 2. The molecule has 0 aliphatic carbocycles. The van der Waals surface area contributed by atoms with E-state index in [0.717, 1.165) is 26.9 Å². The van der Waals surface area contributed by atoms with Gasteiger partial charge in [0.1, 0.15) is 11.4 Å². The van der Waals surface area contributed by atoms with E-state index in [-0.39, 0.29) is 0 Å². The fourth-order valence-electron chi connectivity index (χ4n) is 1.96. The molecule has 0 saturated carbocycles. The number of hydrogen-bond donors (Lipinski definition) is 0. The standard InChI is InChI=1S/C16H13BrN2O/c1-10-7-8-15(12(17)9-10)20-16-11(2)18-13-5-3-4-6-14(13)19-16/h3-9H,1-2H3. The zero-order valence-electron chi connectivity index (χ0n) is 11.2. The maximum atomic E-state index is 5.88. The van der Waals surface area contributed by atoms with Gasteiger partial charge in [0.2, 0.25) is 5.88 Å². The summed E-state index contributed by atoms with van der Waals surface area (Å²) in [4.78, 5) is 9.04. The second-order valence-corrected chi connectivity index (χ2v) is 5.49. The zero-order valence-corrected chi connectivity index (χ0v) is 12.8. The van der Waals surface area contributed by atoms with Gasteiger partial charge in [0.15, 0.2) is 0 Å². The van der Waals surface area contributed by atoms with Gasteiger partial charge in [-0.3, -0.25) is 0 Å². The highest BCUT2D eigenvalue weighted by Gasteiger charge is 2.09. The lowest BCUT2D eigenvalue weighted by atomic mass is 10.2. The van der Waals surface area contributed by atoms with E-state index >= 15 is 0 Å². The van der Waals surface area contributed by atoms with Gasteiger partial charge in [0.25, 0.3) is 0 Å². The molecule has 0 N–H and O–H groups in total. The Morgan fingerprint density at radius 1 is 0.950 bits per heavy atom. The van der Waals surface area contributed by atoms with Crippen LogP contribution in [-0.4, -0.2) is 9.97 Å². The lowest BCUT2D eigenvalue weighted by molar-refractivity contribution is 0.455. The van der Waals surface area contributed by atoms with E-state index in [4.69, 9.17) is 4.74 Å². The van der Waals surface area contributed by atoms with Crippen molar-refractivity contribution in [2.45, 2.75) is 13.8 Å². The molecule has 4 heteroatoms. The molecule has 0 amide bonds. The maximum Gasteiger partial charge on any atom is 0.241 e. The van der Waals surface area contributed by atoms with Gasteiger partial charge in [-0.05, 0) is 59.6 Å². The Bertz CT molecular complexity index is 787. The monoisotopic (exact) mass is 328 g/mol. The molecular weight excluding hydrogens is 316 g/mol. The number of ether oxygens (including phenoxy) is 1. The van der Waals surface area contributed by atoms with Gasteiger partial charge in [-0.2, -0.15) is 0 Å². The van der Waals surface area contributed by atoms with Crippen LogP contribution in [0.4, 0.5) is 0 Å². The van der Waals surface area contributed by atoms with Crippen LogP contribution in [-0.2, 0) is 0 Å². The third kappa shape index (κ3) is 2.51. The Morgan fingerprint density at radius 3 is 2.35 bits per heavy atom. The molecule has 0 radical (unpaired) electrons. The van der Waals surface area contributed by atoms with E-state index in [2.05, 4.69) is 25.9 Å². The van der Waals surface area contributed by atoms with Crippen LogP contribution in [0.25, 0.3) is 11.0 Å². The van der Waals surface area contributed by atoms with Gasteiger partial charge >= 0.3 is 0 Å². The number of rotatable bonds is 2. The third-order valence-electron chi connectivity index (χ3n) is 3.00. The lowest BCUT2D eigenvalue weighted by Crippen LogP contribution is -1.96. The molecule has 3 aromatic rings. The molecule has 20 heavy (non-hydrogen) atoms. The first-order valence-electron chi connectivity index (χ1n) is 6.31. The topological polar surface area (TPSA) is 35.0 Å². The highest BCUT2D eigenvalue weighted by atomic mass is 79.9. The first kappa shape index (κ1) is 13.1. The van der Waals surface area contributed by atoms with Crippen LogP contribution in [0.15, 0.2) is 46.9 Å². The van der Waals surface area contributed by atoms with Crippen LogP contribution in [0, 0.1) is 13.8 Å². The molecular formula is C16H13BrN2O. The molecule has 0 atom stereocenters. The van der Waals surface area contributed by atoms with Gasteiger partial charge in [-0.15, -0.1) is 0 Å². The molecule has 1 heterocycles. The summed E-state index contributed by atoms with van der Waals surface area (Å²) in [5.74, 6) is 1.27. The van der Waals surface area contributed by atoms with Crippen LogP contribution < -0.4 is 4.74 Å². The van der Waals surface area contributed by atoms with Gasteiger partial charge in [0.05, 0.1) is 15.5 Å². The Morgan fingerprint density at radius 2 is 1.65 bits per heavy atom. The maximum absolute atomic E-state index is 5.88. The molecule has 100 valence electrons. The second-order valence-electron chi connectivity index (χ2n) is 4.64. The Kier molecular flexibility index (Phi) is 3.40. The van der Waals surface area contributed by atoms with Crippen molar-refractivity contribution in [1.29, 1.82) is 0 Å². The molecule has 0 unspecified atom stereocenters. The number of halogens is 1. The minimum Gasteiger partial charge on any atom is -0.436 e.